The summed E-state index contributed by atoms with van der Waals surface area (Å²) in [7, 11) is 0. The van der Waals surface area contributed by atoms with Gasteiger partial charge in [-0.15, -0.1) is 0 Å². The molecule has 8 heteroatoms. The van der Waals surface area contributed by atoms with E-state index in [1.165, 1.54) is 0 Å². The van der Waals surface area contributed by atoms with Gasteiger partial charge in [-0.25, -0.2) is 4.79 Å². The Bertz CT molecular complexity index is 1530. The molecule has 6 nitrogen and oxygen atoms in total. The van der Waals surface area contributed by atoms with Gasteiger partial charge in [0.15, 0.2) is 5.11 Å². The number of benzene rings is 2. The van der Waals surface area contributed by atoms with Gasteiger partial charge < -0.3 is 19.9 Å². The second kappa shape index (κ2) is 9.76. The van der Waals surface area contributed by atoms with Crippen molar-refractivity contribution >= 4 is 44.9 Å². The van der Waals surface area contributed by atoms with Crippen LogP contribution < -0.4 is 10.2 Å². The number of aryl methyl sites for hydroxylation is 3. The molecule has 5 rings (SSSR count). The van der Waals surface area contributed by atoms with E-state index in [0.717, 1.165) is 49.6 Å². The summed E-state index contributed by atoms with van der Waals surface area (Å²) in [6, 6.07) is 19.2. The molecule has 2 atom stereocenters. The number of rotatable bonds is 5. The minimum absolute atomic E-state index is 0.161. The highest BCUT2D eigenvalue weighted by Gasteiger charge is 2.42. The summed E-state index contributed by atoms with van der Waals surface area (Å²) >= 11 is 9.51. The van der Waals surface area contributed by atoms with Crippen LogP contribution in [0.2, 0.25) is 0 Å². The van der Waals surface area contributed by atoms with Gasteiger partial charge in [0.2, 0.25) is 0 Å². The quantitative estimate of drug-likeness (QED) is 0.257. The summed E-state index contributed by atoms with van der Waals surface area (Å²) in [5, 5.41) is 13.8. The molecule has 188 valence electrons. The van der Waals surface area contributed by atoms with Crippen molar-refractivity contribution in [3.63, 3.8) is 0 Å². The van der Waals surface area contributed by atoms with Crippen molar-refractivity contribution in [3.05, 3.63) is 111 Å². The Hall–Kier alpha value is -3.49. The molecule has 0 unspecified atom stereocenters. The van der Waals surface area contributed by atoms with Crippen LogP contribution in [0.15, 0.2) is 71.3 Å². The molecule has 0 radical (unpaired) electrons. The highest BCUT2D eigenvalue weighted by molar-refractivity contribution is 9.10. The van der Waals surface area contributed by atoms with E-state index in [9.17, 15) is 9.90 Å². The third kappa shape index (κ3) is 4.45. The summed E-state index contributed by atoms with van der Waals surface area (Å²) in [6.07, 6.45) is 1.80. The van der Waals surface area contributed by atoms with Crippen molar-refractivity contribution in [2.75, 3.05) is 4.90 Å². The molecule has 3 heterocycles. The highest BCUT2D eigenvalue weighted by Crippen LogP contribution is 2.44. The van der Waals surface area contributed by atoms with Gasteiger partial charge in [0.25, 0.3) is 0 Å². The Morgan fingerprint density at radius 3 is 2.49 bits per heavy atom. The van der Waals surface area contributed by atoms with Gasteiger partial charge >= 0.3 is 5.97 Å². The maximum absolute atomic E-state index is 11.7. The van der Waals surface area contributed by atoms with Crippen molar-refractivity contribution in [3.8, 4) is 5.69 Å². The van der Waals surface area contributed by atoms with Crippen LogP contribution in [-0.4, -0.2) is 25.7 Å². The van der Waals surface area contributed by atoms with Crippen molar-refractivity contribution in [2.24, 2.45) is 0 Å². The van der Waals surface area contributed by atoms with E-state index in [1.807, 2.05) is 44.2 Å². The smallest absolute Gasteiger partial charge is 0.335 e. The number of aromatic carboxylic acids is 1. The van der Waals surface area contributed by atoms with Crippen molar-refractivity contribution in [1.29, 1.82) is 0 Å². The first-order valence-corrected chi connectivity index (χ1v) is 13.2. The second-order valence-corrected chi connectivity index (χ2v) is 10.6. The number of carboxylic acids is 1. The molecule has 1 aliphatic rings. The van der Waals surface area contributed by atoms with Crippen molar-refractivity contribution in [1.82, 2.24) is 14.9 Å². The maximum Gasteiger partial charge on any atom is 0.335 e. The van der Waals surface area contributed by atoms with Crippen LogP contribution in [0.3, 0.4) is 0 Å². The number of thiocarbonyl (C=S) groups is 1. The fourth-order valence-electron chi connectivity index (χ4n) is 5.17. The third-order valence-electron chi connectivity index (χ3n) is 7.00. The molecule has 0 bridgehead atoms. The SMILES string of the molecule is Cc1cc(N2C(=S)N[C@@H](c3ccccn3)[C@H]2c2cc(C)n(-c3cc(C(=O)O)ccc3C)c2C)ccc1Br. The van der Waals surface area contributed by atoms with Gasteiger partial charge in [0, 0.05) is 33.4 Å². The number of carboxylic acid groups (broad SMARTS) is 1. The fourth-order valence-corrected chi connectivity index (χ4v) is 5.76. The fraction of sp³-hybridized carbons (Fsp3) is 0.207. The number of halogens is 1. The molecule has 0 saturated carbocycles. The molecule has 1 fully saturated rings. The molecule has 0 amide bonds. The Labute approximate surface area is 230 Å². The van der Waals surface area contributed by atoms with E-state index in [-0.39, 0.29) is 17.6 Å². The number of anilines is 1. The van der Waals surface area contributed by atoms with E-state index in [0.29, 0.717) is 5.11 Å². The highest BCUT2D eigenvalue weighted by atomic mass is 79.9. The molecule has 2 aromatic carbocycles. The van der Waals surface area contributed by atoms with Crippen LogP contribution in [0.1, 0.15) is 56.2 Å². The molecular weight excluding hydrogens is 548 g/mol. The lowest BCUT2D eigenvalue weighted by molar-refractivity contribution is 0.0697. The Morgan fingerprint density at radius 2 is 1.81 bits per heavy atom. The molecular formula is C29H27BrN4O2S. The standard InChI is InChI=1S/C29H27BrN4O2S/c1-16-8-9-20(28(35)36)15-25(16)33-18(3)14-22(19(33)4)27-26(24-7-5-6-12-31-24)32-29(37)34(27)21-10-11-23(30)17(2)13-21/h5-15,26-27H,1-4H3,(H,32,37)(H,35,36)/t26-,27+/m0/s1. The van der Waals surface area contributed by atoms with Crippen LogP contribution in [0.25, 0.3) is 5.69 Å². The Balaban J connectivity index is 1.71. The third-order valence-corrected chi connectivity index (χ3v) is 8.21. The summed E-state index contributed by atoms with van der Waals surface area (Å²) < 4.78 is 3.18. The summed E-state index contributed by atoms with van der Waals surface area (Å²) in [6.45, 7) is 8.19. The second-order valence-electron chi connectivity index (χ2n) is 9.40. The first-order valence-electron chi connectivity index (χ1n) is 12.0. The number of hydrogen-bond acceptors (Lipinski definition) is 3. The number of aromatic nitrogens is 2. The number of pyridine rings is 1. The Morgan fingerprint density at radius 1 is 1.03 bits per heavy atom. The lowest BCUT2D eigenvalue weighted by atomic mass is 9.96. The summed E-state index contributed by atoms with van der Waals surface area (Å²) in [5.74, 6) is -0.943. The number of hydrogen-bond donors (Lipinski definition) is 2. The largest absolute Gasteiger partial charge is 0.478 e. The zero-order valence-electron chi connectivity index (χ0n) is 21.0. The molecule has 4 aromatic rings. The van der Waals surface area contributed by atoms with E-state index >= 15 is 0 Å². The van der Waals surface area contributed by atoms with Crippen LogP contribution in [0.4, 0.5) is 5.69 Å². The monoisotopic (exact) mass is 574 g/mol. The molecule has 1 aliphatic heterocycles. The number of nitrogens with one attached hydrogen (secondary N) is 1. The molecule has 1 saturated heterocycles. The van der Waals surface area contributed by atoms with Crippen LogP contribution >= 0.6 is 28.1 Å². The number of carbonyl (C=O) groups is 1. The van der Waals surface area contributed by atoms with Gasteiger partial charge in [-0.1, -0.05) is 28.1 Å². The lowest BCUT2D eigenvalue weighted by Gasteiger charge is -2.28. The van der Waals surface area contributed by atoms with Gasteiger partial charge in [0.05, 0.1) is 23.3 Å². The lowest BCUT2D eigenvalue weighted by Crippen LogP contribution is -2.29. The van der Waals surface area contributed by atoms with E-state index < -0.39 is 5.97 Å². The van der Waals surface area contributed by atoms with Gasteiger partial charge in [-0.3, -0.25) is 4.98 Å². The van der Waals surface area contributed by atoms with Crippen molar-refractivity contribution in [2.45, 2.75) is 39.8 Å². The van der Waals surface area contributed by atoms with Gasteiger partial charge in [0.1, 0.15) is 0 Å². The normalized spacial score (nSPS) is 17.2. The molecule has 37 heavy (non-hydrogen) atoms. The average molecular weight is 576 g/mol. The van der Waals surface area contributed by atoms with E-state index in [1.54, 1.807) is 18.3 Å². The molecule has 0 aliphatic carbocycles. The van der Waals surface area contributed by atoms with Crippen molar-refractivity contribution < 1.29 is 9.90 Å². The molecule has 2 N–H and O–H groups in total. The minimum Gasteiger partial charge on any atom is -0.478 e. The topological polar surface area (TPSA) is 70.4 Å². The van der Waals surface area contributed by atoms with E-state index in [2.05, 4.69) is 67.7 Å². The summed E-state index contributed by atoms with van der Waals surface area (Å²) in [5.41, 5.74) is 8.28. The zero-order chi connectivity index (χ0) is 26.4. The van der Waals surface area contributed by atoms with Gasteiger partial charge in [-0.05, 0) is 105 Å². The van der Waals surface area contributed by atoms with E-state index in [4.69, 9.17) is 12.2 Å². The predicted molar refractivity (Wildman–Crippen MR) is 154 cm³/mol. The first-order chi connectivity index (χ1) is 17.7. The molecule has 2 aromatic heterocycles. The van der Waals surface area contributed by atoms with Crippen LogP contribution in [0, 0.1) is 27.7 Å². The summed E-state index contributed by atoms with van der Waals surface area (Å²) in [4.78, 5) is 18.6. The molecule has 0 spiro atoms. The van der Waals surface area contributed by atoms with Crippen LogP contribution in [-0.2, 0) is 0 Å². The Kier molecular flexibility index (Phi) is 6.64. The first kappa shape index (κ1) is 25.2. The average Bonchev–Trinajstić information content (AvgIpc) is 3.36. The minimum atomic E-state index is -0.943. The zero-order valence-corrected chi connectivity index (χ0v) is 23.4. The number of nitrogens with zero attached hydrogens (tertiary/aromatic N) is 3. The predicted octanol–water partition coefficient (Wildman–Crippen LogP) is 6.74. The van der Waals surface area contributed by atoms with Gasteiger partial charge in [-0.2, -0.15) is 0 Å². The van der Waals surface area contributed by atoms with Crippen LogP contribution in [0.5, 0.6) is 0 Å². The maximum atomic E-state index is 11.7.